The van der Waals surface area contributed by atoms with Crippen LogP contribution in [0, 0.1) is 11.8 Å². The van der Waals surface area contributed by atoms with Crippen LogP contribution in [0.25, 0.3) is 0 Å². The lowest BCUT2D eigenvalue weighted by molar-refractivity contribution is 0.102. The average Bonchev–Trinajstić information content (AvgIpc) is 2.79. The van der Waals surface area contributed by atoms with Gasteiger partial charge in [0, 0.05) is 37.5 Å². The summed E-state index contributed by atoms with van der Waals surface area (Å²) in [7, 11) is -0.565. The van der Waals surface area contributed by atoms with Gasteiger partial charge >= 0.3 is 0 Å². The van der Waals surface area contributed by atoms with Gasteiger partial charge in [-0.05, 0) is 48.6 Å². The highest BCUT2D eigenvalue weighted by atomic mass is 32.2. The molecule has 1 aliphatic rings. The fourth-order valence-electron chi connectivity index (χ4n) is 4.05. The highest BCUT2D eigenvalue weighted by molar-refractivity contribution is 7.89. The molecule has 1 N–H and O–H groups in total. The number of methoxy groups -OCH3 is 2. The van der Waals surface area contributed by atoms with E-state index in [1.165, 1.54) is 23.5 Å². The monoisotopic (exact) mass is 476 g/mol. The van der Waals surface area contributed by atoms with Crippen LogP contribution in [0.3, 0.4) is 0 Å². The number of rotatable bonds is 9. The Morgan fingerprint density at radius 1 is 1.03 bits per heavy atom. The van der Waals surface area contributed by atoms with Gasteiger partial charge in [-0.25, -0.2) is 8.42 Å². The summed E-state index contributed by atoms with van der Waals surface area (Å²) in [6.45, 7) is 5.84. The van der Waals surface area contributed by atoms with Gasteiger partial charge in [-0.3, -0.25) is 4.79 Å². The zero-order valence-corrected chi connectivity index (χ0v) is 20.4. The van der Waals surface area contributed by atoms with Crippen LogP contribution in [0.15, 0.2) is 47.4 Å². The Balaban J connectivity index is 1.78. The molecule has 0 radical (unpaired) electrons. The normalized spacial score (nSPS) is 19.2. The minimum atomic E-state index is -3.68. The number of anilines is 1. The minimum Gasteiger partial charge on any atom is -0.493 e. The number of nitrogens with zero attached hydrogens (tertiary/aromatic N) is 1. The Labute approximate surface area is 195 Å². The van der Waals surface area contributed by atoms with Crippen LogP contribution >= 0.6 is 0 Å². The lowest BCUT2D eigenvalue weighted by Gasteiger charge is -2.34. The van der Waals surface area contributed by atoms with Crippen LogP contribution in [-0.2, 0) is 14.8 Å². The summed E-state index contributed by atoms with van der Waals surface area (Å²) in [5.41, 5.74) is 0.756. The molecule has 0 spiro atoms. The number of sulfonamides is 1. The molecule has 2 unspecified atom stereocenters. The summed E-state index contributed by atoms with van der Waals surface area (Å²) in [5.74, 6) is 1.18. The lowest BCUT2D eigenvalue weighted by atomic mass is 9.94. The molecule has 180 valence electrons. The Morgan fingerprint density at radius 2 is 1.76 bits per heavy atom. The molecular formula is C24H32N2O6S. The van der Waals surface area contributed by atoms with E-state index in [0.717, 1.165) is 6.42 Å². The quantitative estimate of drug-likeness (QED) is 0.556. The van der Waals surface area contributed by atoms with E-state index < -0.39 is 15.9 Å². The van der Waals surface area contributed by atoms with Crippen LogP contribution in [0.4, 0.5) is 5.69 Å². The molecule has 1 amide bonds. The number of piperidine rings is 1. The average molecular weight is 477 g/mol. The molecular weight excluding hydrogens is 444 g/mol. The minimum absolute atomic E-state index is 0.120. The molecule has 9 heteroatoms. The maximum absolute atomic E-state index is 13.2. The third-order valence-electron chi connectivity index (χ3n) is 5.54. The summed E-state index contributed by atoms with van der Waals surface area (Å²) < 4.78 is 43.9. The van der Waals surface area contributed by atoms with Crippen molar-refractivity contribution in [2.24, 2.45) is 11.8 Å². The number of hydrogen-bond acceptors (Lipinski definition) is 6. The topological polar surface area (TPSA) is 94.2 Å². The molecule has 33 heavy (non-hydrogen) atoms. The highest BCUT2D eigenvalue weighted by Crippen LogP contribution is 2.31. The Morgan fingerprint density at radius 3 is 2.42 bits per heavy atom. The first-order valence-electron chi connectivity index (χ1n) is 11.0. The second-order valence-corrected chi connectivity index (χ2v) is 10.4. The summed E-state index contributed by atoms with van der Waals surface area (Å²) in [6, 6.07) is 11.2. The Bertz CT molecular complexity index is 1060. The van der Waals surface area contributed by atoms with Gasteiger partial charge < -0.3 is 19.5 Å². The number of ether oxygens (including phenoxy) is 3. The third kappa shape index (κ3) is 6.25. The maximum Gasteiger partial charge on any atom is 0.255 e. The van der Waals surface area contributed by atoms with Crippen molar-refractivity contribution >= 4 is 21.6 Å². The molecule has 0 aromatic heterocycles. The van der Waals surface area contributed by atoms with E-state index in [4.69, 9.17) is 14.2 Å². The summed E-state index contributed by atoms with van der Waals surface area (Å²) in [6.07, 6.45) is 1.01. The largest absolute Gasteiger partial charge is 0.493 e. The van der Waals surface area contributed by atoms with Crippen molar-refractivity contribution in [1.29, 1.82) is 0 Å². The summed E-state index contributed by atoms with van der Waals surface area (Å²) in [4.78, 5) is 13.0. The number of amides is 1. The molecule has 0 saturated carbocycles. The van der Waals surface area contributed by atoms with E-state index >= 15 is 0 Å². The zero-order chi connectivity index (χ0) is 24.0. The van der Waals surface area contributed by atoms with Crippen molar-refractivity contribution in [1.82, 2.24) is 4.31 Å². The summed E-state index contributed by atoms with van der Waals surface area (Å²) >= 11 is 0. The van der Waals surface area contributed by atoms with Gasteiger partial charge in [0.15, 0.2) is 11.5 Å². The van der Waals surface area contributed by atoms with E-state index in [-0.39, 0.29) is 10.5 Å². The highest BCUT2D eigenvalue weighted by Gasteiger charge is 2.32. The van der Waals surface area contributed by atoms with Crippen molar-refractivity contribution < 1.29 is 27.4 Å². The first kappa shape index (κ1) is 25.0. The number of nitrogens with one attached hydrogen (secondary N) is 1. The first-order valence-corrected chi connectivity index (χ1v) is 12.4. The molecule has 8 nitrogen and oxygen atoms in total. The molecule has 1 fully saturated rings. The van der Waals surface area contributed by atoms with Crippen LogP contribution in [0.2, 0.25) is 0 Å². The molecule has 0 bridgehead atoms. The number of benzene rings is 2. The predicted molar refractivity (Wildman–Crippen MR) is 126 cm³/mol. The van der Waals surface area contributed by atoms with Crippen molar-refractivity contribution in [2.75, 3.05) is 45.8 Å². The van der Waals surface area contributed by atoms with Crippen LogP contribution in [0.1, 0.15) is 30.6 Å². The fourth-order valence-corrected chi connectivity index (χ4v) is 5.78. The number of carbonyl (C=O) groups excluding carboxylic acids is 1. The van der Waals surface area contributed by atoms with E-state index in [1.54, 1.807) is 37.4 Å². The van der Waals surface area contributed by atoms with E-state index in [1.807, 2.05) is 0 Å². The first-order chi connectivity index (χ1) is 15.7. The van der Waals surface area contributed by atoms with Gasteiger partial charge in [0.2, 0.25) is 10.0 Å². The SMILES string of the molecule is COCCOc1cc(NC(=O)c2cccc(S(=O)(=O)N3CC(C)CC(C)C3)c2)ccc1OC. The Kier molecular flexibility index (Phi) is 8.34. The van der Waals surface area contributed by atoms with Crippen LogP contribution in [-0.4, -0.2) is 59.2 Å². The van der Waals surface area contributed by atoms with E-state index in [0.29, 0.717) is 55.3 Å². The van der Waals surface area contributed by atoms with Gasteiger partial charge in [0.05, 0.1) is 18.6 Å². The molecule has 3 rings (SSSR count). The third-order valence-corrected chi connectivity index (χ3v) is 7.36. The van der Waals surface area contributed by atoms with Gasteiger partial charge in [-0.1, -0.05) is 19.9 Å². The van der Waals surface area contributed by atoms with Crippen molar-refractivity contribution in [3.8, 4) is 11.5 Å². The predicted octanol–water partition coefficient (Wildman–Crippen LogP) is 3.64. The summed E-state index contributed by atoms with van der Waals surface area (Å²) in [5, 5.41) is 2.80. The van der Waals surface area contributed by atoms with Gasteiger partial charge in [-0.2, -0.15) is 4.31 Å². The van der Waals surface area contributed by atoms with Crippen LogP contribution < -0.4 is 14.8 Å². The van der Waals surface area contributed by atoms with Crippen molar-refractivity contribution in [2.45, 2.75) is 25.2 Å². The second kappa shape index (κ2) is 11.0. The molecule has 0 aliphatic carbocycles. The van der Waals surface area contributed by atoms with Crippen LogP contribution in [0.5, 0.6) is 11.5 Å². The smallest absolute Gasteiger partial charge is 0.255 e. The number of hydrogen-bond donors (Lipinski definition) is 1. The second-order valence-electron chi connectivity index (χ2n) is 8.46. The zero-order valence-electron chi connectivity index (χ0n) is 19.5. The molecule has 2 atom stereocenters. The molecule has 2 aromatic carbocycles. The lowest BCUT2D eigenvalue weighted by Crippen LogP contribution is -2.42. The maximum atomic E-state index is 13.2. The van der Waals surface area contributed by atoms with Gasteiger partial charge in [-0.15, -0.1) is 0 Å². The fraction of sp³-hybridized carbons (Fsp3) is 0.458. The molecule has 1 heterocycles. The standard InChI is InChI=1S/C24H32N2O6S/c1-17-12-18(2)16-26(15-17)33(28,29)21-7-5-6-19(13-21)24(27)25-20-8-9-22(31-4)23(14-20)32-11-10-30-3/h5-9,13-14,17-18H,10-12,15-16H2,1-4H3,(H,25,27). The van der Waals surface area contributed by atoms with Gasteiger partial charge in [0.1, 0.15) is 6.61 Å². The van der Waals surface area contributed by atoms with E-state index in [9.17, 15) is 13.2 Å². The van der Waals surface area contributed by atoms with E-state index in [2.05, 4.69) is 19.2 Å². The molecule has 2 aromatic rings. The number of carbonyl (C=O) groups is 1. The van der Waals surface area contributed by atoms with Crippen molar-refractivity contribution in [3.63, 3.8) is 0 Å². The van der Waals surface area contributed by atoms with Crippen molar-refractivity contribution in [3.05, 3.63) is 48.0 Å². The van der Waals surface area contributed by atoms with Gasteiger partial charge in [0.25, 0.3) is 5.91 Å². The Hall–Kier alpha value is -2.62. The molecule has 1 saturated heterocycles. The molecule has 1 aliphatic heterocycles.